The van der Waals surface area contributed by atoms with Crippen molar-refractivity contribution in [3.8, 4) is 5.75 Å². The van der Waals surface area contributed by atoms with Gasteiger partial charge >= 0.3 is 0 Å². The number of methoxy groups -OCH3 is 1. The highest BCUT2D eigenvalue weighted by Crippen LogP contribution is 2.27. The normalized spacial score (nSPS) is 15.6. The van der Waals surface area contributed by atoms with E-state index in [9.17, 15) is 13.2 Å². The summed E-state index contributed by atoms with van der Waals surface area (Å²) in [5.41, 5.74) is 0.304. The third-order valence-corrected chi connectivity index (χ3v) is 6.86. The lowest BCUT2D eigenvalue weighted by atomic mass is 10.2. The lowest BCUT2D eigenvalue weighted by Gasteiger charge is -2.26. The molecule has 0 spiro atoms. The minimum Gasteiger partial charge on any atom is -0.495 e. The van der Waals surface area contributed by atoms with E-state index in [1.54, 1.807) is 19.9 Å². The molecule has 1 saturated heterocycles. The molecule has 1 amide bonds. The summed E-state index contributed by atoms with van der Waals surface area (Å²) in [7, 11) is -2.31. The Balaban J connectivity index is 2.03. The molecule has 1 heterocycles. The predicted molar refractivity (Wildman–Crippen MR) is 107 cm³/mol. The van der Waals surface area contributed by atoms with Crippen LogP contribution in [0.15, 0.2) is 23.1 Å². The van der Waals surface area contributed by atoms with Gasteiger partial charge in [0, 0.05) is 38.3 Å². The van der Waals surface area contributed by atoms with Crippen LogP contribution < -0.4 is 10.1 Å². The van der Waals surface area contributed by atoms with Crippen LogP contribution in [0, 0.1) is 0 Å². The first kappa shape index (κ1) is 22.6. The minimum atomic E-state index is -3.73. The number of hydrogen-bond acceptors (Lipinski definition) is 6. The molecule has 0 unspecified atom stereocenters. The molecule has 28 heavy (non-hydrogen) atoms. The maximum atomic E-state index is 12.9. The predicted octanol–water partition coefficient (Wildman–Crippen LogP) is 1.18. The Morgan fingerprint density at radius 2 is 1.93 bits per heavy atom. The molecule has 1 N–H and O–H groups in total. The van der Waals surface area contributed by atoms with Crippen LogP contribution in [0.3, 0.4) is 0 Å². The average Bonchev–Trinajstić information content (AvgIpc) is 2.72. The van der Waals surface area contributed by atoms with E-state index in [0.717, 1.165) is 39.3 Å². The van der Waals surface area contributed by atoms with Gasteiger partial charge in [-0.2, -0.15) is 4.31 Å². The number of nitrogens with one attached hydrogen (secondary N) is 1. The molecule has 9 heteroatoms. The molecule has 158 valence electrons. The Hall–Kier alpha value is -1.68. The summed E-state index contributed by atoms with van der Waals surface area (Å²) in [6.07, 6.45) is 0.826. The molecule has 2 rings (SSSR count). The first-order valence-corrected chi connectivity index (χ1v) is 11.1. The molecule has 0 atom stereocenters. The maximum Gasteiger partial charge on any atom is 0.251 e. The van der Waals surface area contributed by atoms with Gasteiger partial charge in [-0.15, -0.1) is 0 Å². The van der Waals surface area contributed by atoms with E-state index in [0.29, 0.717) is 25.2 Å². The smallest absolute Gasteiger partial charge is 0.251 e. The molecule has 0 saturated carbocycles. The quantitative estimate of drug-likeness (QED) is 0.580. The fourth-order valence-corrected chi connectivity index (χ4v) is 4.79. The van der Waals surface area contributed by atoms with Crippen molar-refractivity contribution < 1.29 is 22.7 Å². The molecule has 8 nitrogen and oxygen atoms in total. The second-order valence-corrected chi connectivity index (χ2v) is 8.42. The molecule has 0 aromatic heterocycles. The maximum absolute atomic E-state index is 12.9. The number of morpholine rings is 1. The molecule has 0 radical (unpaired) electrons. The second kappa shape index (κ2) is 10.8. The number of carbonyl (C=O) groups is 1. The van der Waals surface area contributed by atoms with Crippen molar-refractivity contribution in [3.63, 3.8) is 0 Å². The highest BCUT2D eigenvalue weighted by atomic mass is 32.2. The first-order valence-electron chi connectivity index (χ1n) is 9.70. The fourth-order valence-electron chi connectivity index (χ4n) is 3.15. The van der Waals surface area contributed by atoms with Crippen LogP contribution in [0.4, 0.5) is 0 Å². The number of ether oxygens (including phenoxy) is 2. The van der Waals surface area contributed by atoms with Crippen LogP contribution >= 0.6 is 0 Å². The Kier molecular flexibility index (Phi) is 8.68. The fraction of sp³-hybridized carbons (Fsp3) is 0.632. The number of nitrogens with zero attached hydrogens (tertiary/aromatic N) is 2. The summed E-state index contributed by atoms with van der Waals surface area (Å²) in [6, 6.07) is 4.50. The molecule has 1 aromatic carbocycles. The topological polar surface area (TPSA) is 88.2 Å². The zero-order chi connectivity index (χ0) is 20.6. The summed E-state index contributed by atoms with van der Waals surface area (Å²) in [4.78, 5) is 14.8. The van der Waals surface area contributed by atoms with Crippen LogP contribution in [-0.2, 0) is 14.8 Å². The summed E-state index contributed by atoms with van der Waals surface area (Å²) >= 11 is 0. The lowest BCUT2D eigenvalue weighted by Crippen LogP contribution is -2.38. The highest BCUT2D eigenvalue weighted by molar-refractivity contribution is 7.89. The SMILES string of the molecule is CCN(CC)S(=O)(=O)c1cc(C(=O)NCCCN2CCOCC2)ccc1OC. The summed E-state index contributed by atoms with van der Waals surface area (Å²) in [6.45, 7) is 9.01. The molecule has 0 bridgehead atoms. The number of sulfonamides is 1. The second-order valence-electron chi connectivity index (χ2n) is 6.52. The van der Waals surface area contributed by atoms with Gasteiger partial charge in [0.25, 0.3) is 5.91 Å². The van der Waals surface area contributed by atoms with Crippen LogP contribution in [0.1, 0.15) is 30.6 Å². The number of carbonyl (C=O) groups excluding carboxylic acids is 1. The van der Waals surface area contributed by atoms with Gasteiger partial charge in [-0.25, -0.2) is 8.42 Å². The summed E-state index contributed by atoms with van der Waals surface area (Å²) in [5, 5.41) is 2.87. The zero-order valence-corrected chi connectivity index (χ0v) is 17.8. The summed E-state index contributed by atoms with van der Waals surface area (Å²) < 4.78 is 37.6. The molecular weight excluding hydrogens is 382 g/mol. The van der Waals surface area contributed by atoms with Gasteiger partial charge in [0.2, 0.25) is 10.0 Å². The molecule has 1 aromatic rings. The molecular formula is C19H31N3O5S. The number of hydrogen-bond donors (Lipinski definition) is 1. The van der Waals surface area contributed by atoms with Gasteiger partial charge in [0.1, 0.15) is 10.6 Å². The van der Waals surface area contributed by atoms with E-state index < -0.39 is 10.0 Å². The van der Waals surface area contributed by atoms with Crippen molar-refractivity contribution in [3.05, 3.63) is 23.8 Å². The van der Waals surface area contributed by atoms with E-state index in [1.807, 2.05) is 0 Å². The third kappa shape index (κ3) is 5.66. The number of amides is 1. The highest BCUT2D eigenvalue weighted by Gasteiger charge is 2.26. The standard InChI is InChI=1S/C19H31N3O5S/c1-4-22(5-2)28(24,25)18-15-16(7-8-17(18)26-3)19(23)20-9-6-10-21-11-13-27-14-12-21/h7-8,15H,4-6,9-14H2,1-3H3,(H,20,23). The molecule has 1 aliphatic rings. The van der Waals surface area contributed by atoms with Crippen LogP contribution in [0.2, 0.25) is 0 Å². The van der Waals surface area contributed by atoms with E-state index in [1.165, 1.54) is 23.5 Å². The van der Waals surface area contributed by atoms with Gasteiger partial charge in [-0.05, 0) is 31.2 Å². The summed E-state index contributed by atoms with van der Waals surface area (Å²) in [5.74, 6) is -0.0589. The largest absolute Gasteiger partial charge is 0.495 e. The van der Waals surface area contributed by atoms with E-state index in [2.05, 4.69) is 10.2 Å². The van der Waals surface area contributed by atoms with Crippen LogP contribution in [-0.4, -0.2) is 83.1 Å². The molecule has 0 aliphatic carbocycles. The van der Waals surface area contributed by atoms with E-state index >= 15 is 0 Å². The van der Waals surface area contributed by atoms with Gasteiger partial charge in [-0.1, -0.05) is 13.8 Å². The van der Waals surface area contributed by atoms with E-state index in [-0.39, 0.29) is 16.6 Å². The van der Waals surface area contributed by atoms with E-state index in [4.69, 9.17) is 9.47 Å². The Morgan fingerprint density at radius 3 is 2.54 bits per heavy atom. The Morgan fingerprint density at radius 1 is 1.25 bits per heavy atom. The van der Waals surface area contributed by atoms with Gasteiger partial charge in [0.05, 0.1) is 20.3 Å². The van der Waals surface area contributed by atoms with Crippen molar-refractivity contribution in [1.82, 2.24) is 14.5 Å². The Labute approximate surface area is 167 Å². The van der Waals surface area contributed by atoms with Crippen molar-refractivity contribution >= 4 is 15.9 Å². The third-order valence-electron chi connectivity index (χ3n) is 4.79. The van der Waals surface area contributed by atoms with Crippen molar-refractivity contribution in [2.45, 2.75) is 25.2 Å². The van der Waals surface area contributed by atoms with Gasteiger partial charge in [-0.3, -0.25) is 9.69 Å². The van der Waals surface area contributed by atoms with Crippen molar-refractivity contribution in [2.75, 3.05) is 59.6 Å². The minimum absolute atomic E-state index is 0.0136. The first-order chi connectivity index (χ1) is 13.4. The van der Waals surface area contributed by atoms with Crippen LogP contribution in [0.5, 0.6) is 5.75 Å². The lowest BCUT2D eigenvalue weighted by molar-refractivity contribution is 0.0374. The molecule has 1 fully saturated rings. The number of benzene rings is 1. The van der Waals surface area contributed by atoms with Crippen LogP contribution in [0.25, 0.3) is 0 Å². The monoisotopic (exact) mass is 413 g/mol. The van der Waals surface area contributed by atoms with Crippen molar-refractivity contribution in [2.24, 2.45) is 0 Å². The number of rotatable bonds is 10. The van der Waals surface area contributed by atoms with Gasteiger partial charge in [0.15, 0.2) is 0 Å². The molecule has 1 aliphatic heterocycles. The Bertz CT molecular complexity index is 744. The van der Waals surface area contributed by atoms with Gasteiger partial charge < -0.3 is 14.8 Å². The van der Waals surface area contributed by atoms with Crippen molar-refractivity contribution in [1.29, 1.82) is 0 Å². The average molecular weight is 414 g/mol. The zero-order valence-electron chi connectivity index (χ0n) is 16.9.